The fourth-order valence-electron chi connectivity index (χ4n) is 8.13. The number of nitrogens with zero attached hydrogens (tertiary/aromatic N) is 1. The van der Waals surface area contributed by atoms with Gasteiger partial charge in [0.1, 0.15) is 11.2 Å². The van der Waals surface area contributed by atoms with Crippen LogP contribution in [-0.4, -0.2) is 4.98 Å². The lowest BCUT2D eigenvalue weighted by molar-refractivity contribution is 0.671. The van der Waals surface area contributed by atoms with Gasteiger partial charge < -0.3 is 4.42 Å². The first-order valence-corrected chi connectivity index (χ1v) is 19.1. The minimum atomic E-state index is 0.860. The van der Waals surface area contributed by atoms with Crippen molar-refractivity contribution in [1.29, 1.82) is 0 Å². The molecule has 0 amide bonds. The molecule has 2 nitrogen and oxygen atoms in total. The van der Waals surface area contributed by atoms with E-state index >= 15 is 0 Å². The quantitative estimate of drug-likeness (QED) is 0.121. The topological polar surface area (TPSA) is 26.0 Å². The minimum Gasteiger partial charge on any atom is -0.455 e. The molecule has 0 aliphatic carbocycles. The summed E-state index contributed by atoms with van der Waals surface area (Å²) >= 11 is 0. The Kier molecular flexibility index (Phi) is 8.23. The van der Waals surface area contributed by atoms with Gasteiger partial charge in [-0.25, -0.2) is 4.98 Å². The second-order valence-corrected chi connectivity index (χ2v) is 14.3. The Morgan fingerprint density at radius 1 is 0.464 bits per heavy atom. The van der Waals surface area contributed by atoms with Crippen LogP contribution < -0.4 is 0 Å². The van der Waals surface area contributed by atoms with E-state index in [1.165, 1.54) is 26.9 Å². The Hall–Kier alpha value is -7.29. The summed E-state index contributed by atoms with van der Waals surface area (Å²) in [4.78, 5) is 5.31. The molecule has 0 unspecified atom stereocenters. The Balaban J connectivity index is 1.16. The third kappa shape index (κ3) is 5.71. The van der Waals surface area contributed by atoms with Crippen LogP contribution >= 0.6 is 0 Å². The van der Waals surface area contributed by atoms with Crippen molar-refractivity contribution in [3.63, 3.8) is 0 Å². The van der Waals surface area contributed by atoms with Gasteiger partial charge in [0, 0.05) is 38.2 Å². The lowest BCUT2D eigenvalue weighted by Crippen LogP contribution is -1.89. The molecule has 2 aromatic heterocycles. The number of aromatic nitrogens is 1. The molecule has 0 aliphatic rings. The van der Waals surface area contributed by atoms with Crippen LogP contribution in [0, 0.1) is 0 Å². The molecule has 10 rings (SSSR count). The van der Waals surface area contributed by atoms with Gasteiger partial charge in [-0.15, -0.1) is 0 Å². The van der Waals surface area contributed by atoms with E-state index in [-0.39, 0.29) is 0 Å². The average molecular weight is 716 g/mol. The minimum absolute atomic E-state index is 0.860. The number of benzene rings is 8. The Morgan fingerprint density at radius 3 is 1.68 bits per heavy atom. The first kappa shape index (κ1) is 33.3. The third-order valence-corrected chi connectivity index (χ3v) is 10.9. The van der Waals surface area contributed by atoms with Gasteiger partial charge in [-0.1, -0.05) is 164 Å². The van der Waals surface area contributed by atoms with Crippen LogP contribution in [0.2, 0.25) is 0 Å². The first-order valence-electron chi connectivity index (χ1n) is 19.1. The lowest BCUT2D eigenvalue weighted by atomic mass is 9.93. The van der Waals surface area contributed by atoms with Gasteiger partial charge in [0.25, 0.3) is 0 Å². The van der Waals surface area contributed by atoms with Crippen molar-refractivity contribution in [2.75, 3.05) is 0 Å². The summed E-state index contributed by atoms with van der Waals surface area (Å²) < 4.78 is 7.02. The van der Waals surface area contributed by atoms with Crippen molar-refractivity contribution >= 4 is 60.0 Å². The van der Waals surface area contributed by atoms with Crippen LogP contribution in [0.1, 0.15) is 12.5 Å². The van der Waals surface area contributed by atoms with Crippen LogP contribution in [-0.2, 0) is 0 Å². The second-order valence-electron chi connectivity index (χ2n) is 14.3. The molecule has 0 fully saturated rings. The zero-order valence-electron chi connectivity index (χ0n) is 31.0. The summed E-state index contributed by atoms with van der Waals surface area (Å²) in [5, 5.41) is 8.16. The average Bonchev–Trinajstić information content (AvgIpc) is 3.65. The van der Waals surface area contributed by atoms with Gasteiger partial charge in [-0.05, 0) is 92.9 Å². The van der Waals surface area contributed by atoms with Crippen molar-refractivity contribution in [1.82, 2.24) is 4.98 Å². The van der Waals surface area contributed by atoms with Gasteiger partial charge in [-0.2, -0.15) is 0 Å². The summed E-state index contributed by atoms with van der Waals surface area (Å²) in [5.74, 6) is 0. The summed E-state index contributed by atoms with van der Waals surface area (Å²) in [6, 6.07) is 60.4. The van der Waals surface area contributed by atoms with E-state index < -0.39 is 0 Å². The number of pyridine rings is 1. The van der Waals surface area contributed by atoms with Gasteiger partial charge in [0.05, 0.1) is 11.2 Å². The molecule has 8 aromatic carbocycles. The lowest BCUT2D eigenvalue weighted by Gasteiger charge is -2.12. The Labute approximate surface area is 326 Å². The van der Waals surface area contributed by atoms with E-state index in [4.69, 9.17) is 9.40 Å². The van der Waals surface area contributed by atoms with E-state index in [2.05, 4.69) is 176 Å². The molecule has 0 radical (unpaired) electrons. The monoisotopic (exact) mass is 715 g/mol. The second kappa shape index (κ2) is 13.8. The molecule has 0 spiro atoms. The summed E-state index contributed by atoms with van der Waals surface area (Å²) in [7, 11) is 0. The third-order valence-electron chi connectivity index (χ3n) is 10.9. The van der Waals surface area contributed by atoms with Gasteiger partial charge in [0.2, 0.25) is 0 Å². The molecular weight excluding hydrogens is 679 g/mol. The van der Waals surface area contributed by atoms with E-state index in [1.807, 2.05) is 31.2 Å². The van der Waals surface area contributed by atoms with Crippen molar-refractivity contribution in [3.05, 3.63) is 206 Å². The number of allylic oxidation sites excluding steroid dienone is 5. The molecule has 10 aromatic rings. The smallest absolute Gasteiger partial charge is 0.143 e. The molecule has 0 atom stereocenters. The molecule has 0 saturated heterocycles. The molecule has 2 heteroatoms. The zero-order valence-corrected chi connectivity index (χ0v) is 31.0. The van der Waals surface area contributed by atoms with Crippen molar-refractivity contribution in [3.8, 4) is 44.6 Å². The van der Waals surface area contributed by atoms with Crippen LogP contribution in [0.15, 0.2) is 205 Å². The molecule has 2 heterocycles. The Bertz CT molecular complexity index is 3150. The van der Waals surface area contributed by atoms with E-state index in [9.17, 15) is 0 Å². The molecular formula is C54H37NO. The van der Waals surface area contributed by atoms with Crippen LogP contribution in [0.25, 0.3) is 105 Å². The molecule has 264 valence electrons. The standard InChI is InChI=1S/C54H37NO/c1-3-4-7-16-35(2)40-31-47(37-19-10-6-11-20-37)53-49(32-40)50-34-41(36-17-8-5-9-18-36)33-48(54(50)56-53)38-25-27-39(28-26-38)51-30-29-46-44-23-13-12-21-42(44)43-22-14-15-24-45(43)52(46)55-51/h3-34H,2H2,1H3/b4-3-,16-7-. The highest BCUT2D eigenvalue weighted by atomic mass is 16.3. The normalized spacial score (nSPS) is 11.9. The predicted molar refractivity (Wildman–Crippen MR) is 239 cm³/mol. The van der Waals surface area contributed by atoms with E-state index in [1.54, 1.807) is 0 Å². The fourth-order valence-corrected chi connectivity index (χ4v) is 8.13. The zero-order chi connectivity index (χ0) is 37.6. The van der Waals surface area contributed by atoms with E-state index in [0.29, 0.717) is 0 Å². The predicted octanol–water partition coefficient (Wildman–Crippen LogP) is 15.3. The number of hydrogen-bond donors (Lipinski definition) is 0. The molecule has 56 heavy (non-hydrogen) atoms. The van der Waals surface area contributed by atoms with Crippen molar-refractivity contribution < 1.29 is 4.42 Å². The molecule has 0 bridgehead atoms. The highest BCUT2D eigenvalue weighted by Crippen LogP contribution is 2.44. The van der Waals surface area contributed by atoms with E-state index in [0.717, 1.165) is 83.2 Å². The highest BCUT2D eigenvalue weighted by Gasteiger charge is 2.20. The summed E-state index contributed by atoms with van der Waals surface area (Å²) in [5.41, 5.74) is 13.3. The summed E-state index contributed by atoms with van der Waals surface area (Å²) in [6.07, 6.45) is 8.15. The van der Waals surface area contributed by atoms with Gasteiger partial charge in [0.15, 0.2) is 0 Å². The van der Waals surface area contributed by atoms with Gasteiger partial charge in [-0.3, -0.25) is 0 Å². The molecule has 0 saturated carbocycles. The maximum absolute atomic E-state index is 7.02. The van der Waals surface area contributed by atoms with Gasteiger partial charge >= 0.3 is 0 Å². The SMILES string of the molecule is C=C(/C=C\C=C/C)c1cc(-c2ccccc2)c2oc3c(-c4ccc(-c5ccc6c7ccccc7c7ccccc7c6n5)cc4)cc(-c4ccccc4)cc3c2c1. The molecule has 0 N–H and O–H groups in total. The first-order chi connectivity index (χ1) is 27.6. The number of fused-ring (bicyclic) bond motifs is 9. The number of rotatable bonds is 7. The largest absolute Gasteiger partial charge is 0.455 e. The van der Waals surface area contributed by atoms with Crippen molar-refractivity contribution in [2.24, 2.45) is 0 Å². The number of furan rings is 1. The summed E-state index contributed by atoms with van der Waals surface area (Å²) in [6.45, 7) is 6.47. The Morgan fingerprint density at radius 2 is 1.00 bits per heavy atom. The van der Waals surface area contributed by atoms with Crippen molar-refractivity contribution in [2.45, 2.75) is 6.92 Å². The highest BCUT2D eigenvalue weighted by molar-refractivity contribution is 6.24. The number of hydrogen-bond acceptors (Lipinski definition) is 2. The van der Waals surface area contributed by atoms with Crippen LogP contribution in [0.4, 0.5) is 0 Å². The molecule has 0 aliphatic heterocycles. The maximum Gasteiger partial charge on any atom is 0.143 e. The fraction of sp³-hybridized carbons (Fsp3) is 0.0185. The van der Waals surface area contributed by atoms with Crippen LogP contribution in [0.5, 0.6) is 0 Å². The van der Waals surface area contributed by atoms with Crippen LogP contribution in [0.3, 0.4) is 0 Å². The maximum atomic E-state index is 7.02.